The second-order valence-electron chi connectivity index (χ2n) is 16.1. The molecule has 1 atom stereocenters. The van der Waals surface area contributed by atoms with E-state index in [1.807, 2.05) is 26.8 Å². The highest BCUT2D eigenvalue weighted by Gasteiger charge is 2.51. The van der Waals surface area contributed by atoms with Gasteiger partial charge in [-0.2, -0.15) is 18.4 Å². The fourth-order valence-corrected chi connectivity index (χ4v) is 8.31. The lowest BCUT2D eigenvalue weighted by Gasteiger charge is -2.46. The summed E-state index contributed by atoms with van der Waals surface area (Å²) in [7, 11) is 0. The molecule has 0 spiro atoms. The van der Waals surface area contributed by atoms with Gasteiger partial charge in [0.25, 0.3) is 5.91 Å². The number of carbonyl (C=O) groups excluding carboxylic acids is 4. The second kappa shape index (κ2) is 17.1. The van der Waals surface area contributed by atoms with E-state index in [-0.39, 0.29) is 47.7 Å². The SMILES string of the molecule is CCc1cc(N2C(=S)N(c3ccc(C#N)c(C(F)(F)F)c3)C(=O)C2(C)C)ccc1OCCN1CCN(CC(=O)Nc2cc(F)cc(NC3CCC(=O)NC3=O)c2)C(C)(C)C1. The number of nitrogens with zero attached hydrogens (tertiary/aromatic N) is 5. The summed E-state index contributed by atoms with van der Waals surface area (Å²) < 4.78 is 62.1. The minimum Gasteiger partial charge on any atom is -0.492 e. The highest BCUT2D eigenvalue weighted by Crippen LogP contribution is 2.40. The summed E-state index contributed by atoms with van der Waals surface area (Å²) in [4.78, 5) is 57.5. The molecule has 3 heterocycles. The Balaban J connectivity index is 1.04. The Hall–Kier alpha value is -5.64. The number of hydrogen-bond donors (Lipinski definition) is 3. The Morgan fingerprint density at radius 2 is 1.73 bits per heavy atom. The number of nitrogens with one attached hydrogen (secondary N) is 3. The predicted molar refractivity (Wildman–Crippen MR) is 221 cm³/mol. The summed E-state index contributed by atoms with van der Waals surface area (Å²) >= 11 is 5.71. The van der Waals surface area contributed by atoms with Crippen LogP contribution in [0.2, 0.25) is 0 Å². The Morgan fingerprint density at radius 1 is 1.02 bits per heavy atom. The van der Waals surface area contributed by atoms with E-state index in [4.69, 9.17) is 17.0 Å². The topological polar surface area (TPSA) is 150 Å². The fourth-order valence-electron chi connectivity index (χ4n) is 7.79. The number of aryl methyl sites for hydroxylation is 1. The van der Waals surface area contributed by atoms with Crippen LogP contribution in [0.3, 0.4) is 0 Å². The van der Waals surface area contributed by atoms with Crippen molar-refractivity contribution in [2.45, 2.75) is 77.2 Å². The molecule has 3 aliphatic heterocycles. The quantitative estimate of drug-likeness (QED) is 0.115. The largest absolute Gasteiger partial charge is 0.492 e. The Morgan fingerprint density at radius 3 is 2.40 bits per heavy atom. The third kappa shape index (κ3) is 9.38. The molecule has 3 aromatic carbocycles. The van der Waals surface area contributed by atoms with Gasteiger partial charge in [-0.05, 0) is 113 Å². The number of hydrogen-bond acceptors (Lipinski definition) is 10. The number of alkyl halides is 3. The normalized spacial score (nSPS) is 19.6. The van der Waals surface area contributed by atoms with E-state index in [2.05, 4.69) is 25.8 Å². The van der Waals surface area contributed by atoms with Crippen LogP contribution in [0.4, 0.5) is 40.3 Å². The van der Waals surface area contributed by atoms with Crippen molar-refractivity contribution in [2.24, 2.45) is 0 Å². The Labute approximate surface area is 350 Å². The van der Waals surface area contributed by atoms with E-state index in [0.29, 0.717) is 56.3 Å². The second-order valence-corrected chi connectivity index (χ2v) is 16.5. The molecule has 13 nitrogen and oxygen atoms in total. The predicted octanol–water partition coefficient (Wildman–Crippen LogP) is 5.83. The molecular weight excluding hydrogens is 805 g/mol. The molecular formula is C42H46F4N8O5S. The van der Waals surface area contributed by atoms with E-state index in [9.17, 15) is 42.0 Å². The number of ether oxygens (including phenoxy) is 1. The molecule has 3 aliphatic rings. The van der Waals surface area contributed by atoms with Crippen molar-refractivity contribution >= 4 is 63.7 Å². The first-order valence-electron chi connectivity index (χ1n) is 19.5. The minimum atomic E-state index is -4.81. The van der Waals surface area contributed by atoms with Crippen LogP contribution < -0.4 is 30.5 Å². The van der Waals surface area contributed by atoms with Gasteiger partial charge in [-0.15, -0.1) is 0 Å². The van der Waals surface area contributed by atoms with Crippen LogP contribution in [0.1, 0.15) is 64.2 Å². The van der Waals surface area contributed by atoms with Crippen molar-refractivity contribution < 1.29 is 41.5 Å². The average Bonchev–Trinajstić information content (AvgIpc) is 3.34. The number of amides is 4. The molecule has 0 bridgehead atoms. The van der Waals surface area contributed by atoms with Crippen LogP contribution >= 0.6 is 12.2 Å². The summed E-state index contributed by atoms with van der Waals surface area (Å²) in [6.45, 7) is 12.2. The summed E-state index contributed by atoms with van der Waals surface area (Å²) in [5.41, 5.74) is -1.50. The van der Waals surface area contributed by atoms with E-state index >= 15 is 0 Å². The van der Waals surface area contributed by atoms with Gasteiger partial charge < -0.3 is 20.3 Å². The van der Waals surface area contributed by atoms with Crippen molar-refractivity contribution in [3.8, 4) is 11.8 Å². The number of rotatable bonds is 12. The van der Waals surface area contributed by atoms with E-state index < -0.39 is 52.1 Å². The average molecular weight is 851 g/mol. The molecule has 6 rings (SSSR count). The van der Waals surface area contributed by atoms with Gasteiger partial charge in [-0.1, -0.05) is 6.92 Å². The number of nitriles is 1. The molecule has 4 amide bonds. The highest BCUT2D eigenvalue weighted by molar-refractivity contribution is 7.81. The number of halogens is 4. The molecule has 3 aromatic rings. The number of benzene rings is 3. The molecule has 318 valence electrons. The van der Waals surface area contributed by atoms with Crippen molar-refractivity contribution in [3.63, 3.8) is 0 Å². The standard InChI is InChI=1S/C42H46F4N8O5S/c1-6-25-17-31(54-39(60)53(38(58)41(54,4)5)30-8-7-26(22-47)32(21-30)42(44,45)46)9-11-34(25)59-16-15-51-13-14-52(40(2,3)24-51)23-36(56)49-29-19-27(43)18-28(20-29)48-33-10-12-35(55)50-37(33)57/h7-9,11,17-21,33,48H,6,10,12-16,23-24H2,1-5H3,(H,49,56)(H,50,55,57). The molecule has 60 heavy (non-hydrogen) atoms. The highest BCUT2D eigenvalue weighted by atomic mass is 32.1. The zero-order chi connectivity index (χ0) is 43.7. The number of thiocarbonyl (C=S) groups is 1. The Bertz CT molecular complexity index is 2260. The maximum atomic E-state index is 14.5. The summed E-state index contributed by atoms with van der Waals surface area (Å²) in [6.07, 6.45) is -3.80. The van der Waals surface area contributed by atoms with Gasteiger partial charge in [0.15, 0.2) is 5.11 Å². The van der Waals surface area contributed by atoms with Crippen molar-refractivity contribution in [2.75, 3.05) is 59.8 Å². The van der Waals surface area contributed by atoms with E-state index in [1.165, 1.54) is 18.2 Å². The monoisotopic (exact) mass is 850 g/mol. The van der Waals surface area contributed by atoms with E-state index in [0.717, 1.165) is 22.6 Å². The minimum absolute atomic E-state index is 0.000208. The summed E-state index contributed by atoms with van der Waals surface area (Å²) in [6, 6.07) is 13.3. The van der Waals surface area contributed by atoms with Gasteiger partial charge in [0.2, 0.25) is 17.7 Å². The lowest BCUT2D eigenvalue weighted by molar-refractivity contribution is -0.138. The van der Waals surface area contributed by atoms with Gasteiger partial charge >= 0.3 is 6.18 Å². The van der Waals surface area contributed by atoms with Crippen LogP contribution in [-0.2, 0) is 31.8 Å². The molecule has 0 aliphatic carbocycles. The maximum Gasteiger partial charge on any atom is 0.417 e. The number of piperidine rings is 1. The lowest BCUT2D eigenvalue weighted by atomic mass is 9.98. The van der Waals surface area contributed by atoms with E-state index in [1.54, 1.807) is 43.0 Å². The molecule has 3 fully saturated rings. The zero-order valence-electron chi connectivity index (χ0n) is 33.8. The summed E-state index contributed by atoms with van der Waals surface area (Å²) in [5, 5.41) is 17.2. The van der Waals surface area contributed by atoms with Gasteiger partial charge in [0.05, 0.1) is 29.4 Å². The van der Waals surface area contributed by atoms with Gasteiger partial charge in [0.1, 0.15) is 29.8 Å². The molecule has 3 saturated heterocycles. The first-order valence-corrected chi connectivity index (χ1v) is 19.9. The molecule has 1 unspecified atom stereocenters. The smallest absolute Gasteiger partial charge is 0.417 e. The van der Waals surface area contributed by atoms with Gasteiger partial charge in [-0.3, -0.25) is 39.2 Å². The van der Waals surface area contributed by atoms with Gasteiger partial charge in [-0.25, -0.2) is 4.39 Å². The molecule has 0 saturated carbocycles. The number of imide groups is 1. The first-order chi connectivity index (χ1) is 28.2. The van der Waals surface area contributed by atoms with Crippen LogP contribution in [0.25, 0.3) is 0 Å². The van der Waals surface area contributed by atoms with Crippen molar-refractivity contribution in [3.05, 3.63) is 77.1 Å². The first kappa shape index (κ1) is 43.9. The Kier molecular flexibility index (Phi) is 12.6. The number of piperazine rings is 1. The van der Waals surface area contributed by atoms with Crippen LogP contribution in [0.15, 0.2) is 54.6 Å². The number of anilines is 4. The molecule has 0 radical (unpaired) electrons. The van der Waals surface area contributed by atoms with Gasteiger partial charge in [0, 0.05) is 55.2 Å². The molecule has 3 N–H and O–H groups in total. The zero-order valence-corrected chi connectivity index (χ0v) is 34.7. The summed E-state index contributed by atoms with van der Waals surface area (Å²) in [5.74, 6) is -1.66. The fraction of sp³-hybridized carbons (Fsp3) is 0.429. The molecule has 0 aromatic heterocycles. The van der Waals surface area contributed by atoms with Crippen molar-refractivity contribution in [1.29, 1.82) is 5.26 Å². The van der Waals surface area contributed by atoms with Crippen LogP contribution in [-0.4, -0.2) is 95.0 Å². The maximum absolute atomic E-state index is 14.5. The number of carbonyl (C=O) groups is 4. The van der Waals surface area contributed by atoms with Crippen LogP contribution in [0.5, 0.6) is 5.75 Å². The van der Waals surface area contributed by atoms with Crippen LogP contribution in [0, 0.1) is 17.1 Å². The third-order valence-corrected chi connectivity index (χ3v) is 11.3. The van der Waals surface area contributed by atoms with Crippen molar-refractivity contribution in [1.82, 2.24) is 15.1 Å². The third-order valence-electron chi connectivity index (χ3n) is 11.0. The molecule has 18 heteroatoms. The lowest BCUT2D eigenvalue weighted by Crippen LogP contribution is -2.61.